The Bertz CT molecular complexity index is 348. The molecule has 0 aromatic heterocycles. The van der Waals surface area contributed by atoms with Crippen LogP contribution >= 0.6 is 0 Å². The molecule has 0 unspecified atom stereocenters. The Kier molecular flexibility index (Phi) is 3.44. The van der Waals surface area contributed by atoms with Crippen molar-refractivity contribution in [3.8, 4) is 0 Å². The van der Waals surface area contributed by atoms with Crippen LogP contribution < -0.4 is 10.6 Å². The normalized spacial score (nSPS) is 16.9. The SMILES string of the molecule is N=C(N)c1ccc(N2CCCCCC2)cc1. The molecular weight excluding hydrogens is 198 g/mol. The molecule has 1 aliphatic rings. The van der Waals surface area contributed by atoms with Crippen LogP contribution in [0.5, 0.6) is 0 Å². The number of nitrogens with two attached hydrogens (primary N) is 1. The van der Waals surface area contributed by atoms with Crippen molar-refractivity contribution >= 4 is 11.5 Å². The topological polar surface area (TPSA) is 53.1 Å². The standard InChI is InChI=1S/C13H19N3/c14-13(15)11-5-7-12(8-6-11)16-9-3-1-2-4-10-16/h5-8H,1-4,9-10H2,(H3,14,15). The summed E-state index contributed by atoms with van der Waals surface area (Å²) >= 11 is 0. The molecule has 86 valence electrons. The fraction of sp³-hybridized carbons (Fsp3) is 0.462. The quantitative estimate of drug-likeness (QED) is 0.590. The highest BCUT2D eigenvalue weighted by Gasteiger charge is 2.09. The Balaban J connectivity index is 2.10. The predicted molar refractivity (Wildman–Crippen MR) is 68.1 cm³/mol. The molecule has 3 nitrogen and oxygen atoms in total. The molecule has 0 aliphatic carbocycles. The van der Waals surface area contributed by atoms with Gasteiger partial charge in [0.1, 0.15) is 5.84 Å². The maximum absolute atomic E-state index is 7.35. The van der Waals surface area contributed by atoms with Crippen LogP contribution in [0.1, 0.15) is 31.2 Å². The third-order valence-electron chi connectivity index (χ3n) is 3.15. The van der Waals surface area contributed by atoms with Gasteiger partial charge in [0.25, 0.3) is 0 Å². The van der Waals surface area contributed by atoms with Gasteiger partial charge in [-0.15, -0.1) is 0 Å². The number of hydrogen-bond acceptors (Lipinski definition) is 2. The molecule has 0 saturated carbocycles. The molecule has 0 spiro atoms. The molecular formula is C13H19N3. The van der Waals surface area contributed by atoms with Crippen LogP contribution in [-0.4, -0.2) is 18.9 Å². The van der Waals surface area contributed by atoms with Gasteiger partial charge in [-0.25, -0.2) is 0 Å². The first-order chi connectivity index (χ1) is 7.77. The largest absolute Gasteiger partial charge is 0.384 e. The molecule has 0 bridgehead atoms. The van der Waals surface area contributed by atoms with Gasteiger partial charge < -0.3 is 10.6 Å². The van der Waals surface area contributed by atoms with Gasteiger partial charge in [-0.3, -0.25) is 5.41 Å². The summed E-state index contributed by atoms with van der Waals surface area (Å²) < 4.78 is 0. The molecule has 1 fully saturated rings. The maximum atomic E-state index is 7.35. The van der Waals surface area contributed by atoms with Gasteiger partial charge in [-0.2, -0.15) is 0 Å². The summed E-state index contributed by atoms with van der Waals surface area (Å²) in [4.78, 5) is 2.43. The number of amidine groups is 1. The van der Waals surface area contributed by atoms with Crippen molar-refractivity contribution < 1.29 is 0 Å². The molecule has 16 heavy (non-hydrogen) atoms. The van der Waals surface area contributed by atoms with Crippen molar-refractivity contribution in [1.29, 1.82) is 5.41 Å². The van der Waals surface area contributed by atoms with Crippen molar-refractivity contribution in [3.05, 3.63) is 29.8 Å². The Morgan fingerprint density at radius 1 is 1.00 bits per heavy atom. The molecule has 0 radical (unpaired) electrons. The number of anilines is 1. The van der Waals surface area contributed by atoms with Crippen LogP contribution in [-0.2, 0) is 0 Å². The minimum atomic E-state index is 0.141. The second kappa shape index (κ2) is 5.01. The molecule has 0 amide bonds. The van der Waals surface area contributed by atoms with Gasteiger partial charge in [0.2, 0.25) is 0 Å². The summed E-state index contributed by atoms with van der Waals surface area (Å²) in [7, 11) is 0. The van der Waals surface area contributed by atoms with E-state index < -0.39 is 0 Å². The lowest BCUT2D eigenvalue weighted by molar-refractivity contribution is 0.726. The van der Waals surface area contributed by atoms with Crippen molar-refractivity contribution in [2.75, 3.05) is 18.0 Å². The summed E-state index contributed by atoms with van der Waals surface area (Å²) in [5.41, 5.74) is 7.50. The van der Waals surface area contributed by atoms with Gasteiger partial charge in [-0.1, -0.05) is 12.8 Å². The zero-order valence-electron chi connectivity index (χ0n) is 9.58. The van der Waals surface area contributed by atoms with Crippen LogP contribution in [0.3, 0.4) is 0 Å². The lowest BCUT2D eigenvalue weighted by Gasteiger charge is -2.22. The highest BCUT2D eigenvalue weighted by molar-refractivity contribution is 5.95. The van der Waals surface area contributed by atoms with E-state index in [9.17, 15) is 0 Å². The van der Waals surface area contributed by atoms with Crippen LogP contribution in [0.4, 0.5) is 5.69 Å². The molecule has 1 aliphatic heterocycles. The third-order valence-corrected chi connectivity index (χ3v) is 3.15. The fourth-order valence-corrected chi connectivity index (χ4v) is 2.18. The van der Waals surface area contributed by atoms with Crippen LogP contribution in [0.2, 0.25) is 0 Å². The average molecular weight is 217 g/mol. The lowest BCUT2D eigenvalue weighted by Crippen LogP contribution is -2.23. The lowest BCUT2D eigenvalue weighted by atomic mass is 10.2. The number of hydrogen-bond donors (Lipinski definition) is 2. The number of nitrogen functional groups attached to an aromatic ring is 1. The van der Waals surface area contributed by atoms with E-state index in [0.29, 0.717) is 0 Å². The van der Waals surface area contributed by atoms with E-state index in [1.807, 2.05) is 12.1 Å². The first kappa shape index (κ1) is 11.0. The van der Waals surface area contributed by atoms with E-state index >= 15 is 0 Å². The molecule has 3 N–H and O–H groups in total. The second-order valence-corrected chi connectivity index (χ2v) is 4.36. The van der Waals surface area contributed by atoms with Gasteiger partial charge in [0.05, 0.1) is 0 Å². The number of rotatable bonds is 2. The van der Waals surface area contributed by atoms with E-state index in [1.54, 1.807) is 0 Å². The molecule has 1 heterocycles. The summed E-state index contributed by atoms with van der Waals surface area (Å²) in [6, 6.07) is 8.01. The van der Waals surface area contributed by atoms with Crippen LogP contribution in [0.15, 0.2) is 24.3 Å². The summed E-state index contributed by atoms with van der Waals surface area (Å²) in [6.45, 7) is 2.30. The molecule has 0 atom stereocenters. The van der Waals surface area contributed by atoms with E-state index in [4.69, 9.17) is 11.1 Å². The minimum Gasteiger partial charge on any atom is -0.384 e. The number of benzene rings is 1. The Labute approximate surface area is 96.8 Å². The summed E-state index contributed by atoms with van der Waals surface area (Å²) in [5, 5.41) is 7.35. The van der Waals surface area contributed by atoms with Gasteiger partial charge >= 0.3 is 0 Å². The number of nitrogens with zero attached hydrogens (tertiary/aromatic N) is 1. The van der Waals surface area contributed by atoms with Crippen molar-refractivity contribution in [1.82, 2.24) is 0 Å². The van der Waals surface area contributed by atoms with Crippen LogP contribution in [0, 0.1) is 5.41 Å². The second-order valence-electron chi connectivity index (χ2n) is 4.36. The summed E-state index contributed by atoms with van der Waals surface area (Å²) in [5.74, 6) is 0.141. The maximum Gasteiger partial charge on any atom is 0.122 e. The van der Waals surface area contributed by atoms with Gasteiger partial charge in [0.15, 0.2) is 0 Å². The third kappa shape index (κ3) is 2.54. The van der Waals surface area contributed by atoms with Crippen molar-refractivity contribution in [2.45, 2.75) is 25.7 Å². The minimum absolute atomic E-state index is 0.141. The number of nitrogens with one attached hydrogen (secondary N) is 1. The molecule has 1 aromatic rings. The van der Waals surface area contributed by atoms with E-state index in [-0.39, 0.29) is 5.84 Å². The highest BCUT2D eigenvalue weighted by atomic mass is 15.1. The average Bonchev–Trinajstić information content (AvgIpc) is 2.57. The zero-order chi connectivity index (χ0) is 11.4. The molecule has 2 rings (SSSR count). The van der Waals surface area contributed by atoms with Gasteiger partial charge in [0, 0.05) is 24.3 Å². The Morgan fingerprint density at radius 2 is 1.56 bits per heavy atom. The Hall–Kier alpha value is -1.51. The monoisotopic (exact) mass is 217 g/mol. The smallest absolute Gasteiger partial charge is 0.122 e. The van der Waals surface area contributed by atoms with Crippen molar-refractivity contribution in [3.63, 3.8) is 0 Å². The first-order valence-electron chi connectivity index (χ1n) is 5.97. The van der Waals surface area contributed by atoms with E-state index in [0.717, 1.165) is 18.7 Å². The highest BCUT2D eigenvalue weighted by Crippen LogP contribution is 2.19. The van der Waals surface area contributed by atoms with E-state index in [1.165, 1.54) is 31.4 Å². The van der Waals surface area contributed by atoms with Crippen molar-refractivity contribution in [2.24, 2.45) is 5.73 Å². The summed E-state index contributed by atoms with van der Waals surface area (Å²) in [6.07, 6.45) is 5.27. The van der Waals surface area contributed by atoms with E-state index in [2.05, 4.69) is 17.0 Å². The molecule has 1 saturated heterocycles. The molecule has 3 heteroatoms. The van der Waals surface area contributed by atoms with Gasteiger partial charge in [-0.05, 0) is 37.1 Å². The Morgan fingerprint density at radius 3 is 2.06 bits per heavy atom. The molecule has 1 aromatic carbocycles. The zero-order valence-corrected chi connectivity index (χ0v) is 9.58. The predicted octanol–water partition coefficient (Wildman–Crippen LogP) is 2.35. The first-order valence-corrected chi connectivity index (χ1v) is 5.97. The van der Waals surface area contributed by atoms with Crippen LogP contribution in [0.25, 0.3) is 0 Å². The fourth-order valence-electron chi connectivity index (χ4n) is 2.18.